The summed E-state index contributed by atoms with van der Waals surface area (Å²) in [6, 6.07) is 14.3. The molecule has 38 heavy (non-hydrogen) atoms. The third kappa shape index (κ3) is 5.96. The third-order valence-corrected chi connectivity index (χ3v) is 7.04. The number of halogens is 1. The van der Waals surface area contributed by atoms with Gasteiger partial charge in [0.25, 0.3) is 11.8 Å². The Labute approximate surface area is 223 Å². The molecule has 1 fully saturated rings. The second-order valence-electron chi connectivity index (χ2n) is 10.2. The molecule has 0 radical (unpaired) electrons. The lowest BCUT2D eigenvalue weighted by Crippen LogP contribution is -2.43. The molecule has 7 nitrogen and oxygen atoms in total. The van der Waals surface area contributed by atoms with Crippen LogP contribution in [0.1, 0.15) is 71.0 Å². The van der Waals surface area contributed by atoms with Gasteiger partial charge in [-0.05, 0) is 74.2 Å². The molecule has 0 saturated carbocycles. The number of alkyl halides is 1. The maximum Gasteiger partial charge on any atom is 0.257 e. The van der Waals surface area contributed by atoms with Gasteiger partial charge in [0, 0.05) is 55.1 Å². The summed E-state index contributed by atoms with van der Waals surface area (Å²) >= 11 is 0. The average molecular weight is 518 g/mol. The van der Waals surface area contributed by atoms with Crippen molar-refractivity contribution in [1.82, 2.24) is 9.88 Å². The monoisotopic (exact) mass is 517 g/mol. The van der Waals surface area contributed by atoms with E-state index in [9.17, 15) is 9.59 Å². The van der Waals surface area contributed by atoms with Gasteiger partial charge in [0.1, 0.15) is 11.5 Å². The third-order valence-electron chi connectivity index (χ3n) is 7.04. The fourth-order valence-corrected chi connectivity index (χ4v) is 4.80. The van der Waals surface area contributed by atoms with Crippen LogP contribution in [0.2, 0.25) is 0 Å². The van der Waals surface area contributed by atoms with Crippen molar-refractivity contribution in [2.24, 2.45) is 0 Å². The molecule has 2 heterocycles. The van der Waals surface area contributed by atoms with Gasteiger partial charge in [-0.1, -0.05) is 25.1 Å². The van der Waals surface area contributed by atoms with Crippen molar-refractivity contribution in [2.45, 2.75) is 58.7 Å². The summed E-state index contributed by atoms with van der Waals surface area (Å²) in [5.74, 6) is 0.244. The van der Waals surface area contributed by atoms with E-state index in [0.29, 0.717) is 53.4 Å². The van der Waals surface area contributed by atoms with Gasteiger partial charge in [0.15, 0.2) is 0 Å². The Balaban J connectivity index is 1.49. The average Bonchev–Trinajstić information content (AvgIpc) is 2.90. The number of rotatable bonds is 7. The number of aryl methyl sites for hydroxylation is 2. The van der Waals surface area contributed by atoms with Crippen LogP contribution in [0, 0.1) is 6.92 Å². The molecule has 2 aromatic carbocycles. The van der Waals surface area contributed by atoms with Gasteiger partial charge < -0.3 is 21.3 Å². The number of pyridine rings is 1. The normalized spacial score (nSPS) is 14.8. The van der Waals surface area contributed by atoms with E-state index in [1.807, 2.05) is 33.8 Å². The number of hydrogen-bond donors (Lipinski definition) is 3. The number of likely N-dealkylation sites (tertiary alicyclic amines) is 1. The van der Waals surface area contributed by atoms with Gasteiger partial charge in [-0.3, -0.25) is 9.59 Å². The Hall–Kier alpha value is -3.94. The first-order valence-electron chi connectivity index (χ1n) is 13.1. The quantitative estimate of drug-likeness (QED) is 0.349. The molecule has 0 unspecified atom stereocenters. The fraction of sp³-hybridized carbons (Fsp3) is 0.367. The highest BCUT2D eigenvalue weighted by molar-refractivity contribution is 6.05. The standard InChI is InChI=1S/C30H36FN5O2/c1-5-21-16-20(4)26(35-28(37)22-6-11-27(33-18-22)34-19(2)3)17-25(21)29(38)36-14-12-30(31,13-15-36)23-7-9-24(32)10-8-23/h6-11,16-19H,5,12-15,32H2,1-4H3,(H,33,34)(H,35,37). The number of carbonyl (C=O) groups is 2. The van der Waals surface area contributed by atoms with E-state index >= 15 is 4.39 Å². The highest BCUT2D eigenvalue weighted by atomic mass is 19.1. The molecule has 4 N–H and O–H groups in total. The summed E-state index contributed by atoms with van der Waals surface area (Å²) in [5, 5.41) is 6.13. The summed E-state index contributed by atoms with van der Waals surface area (Å²) in [6.45, 7) is 8.54. The second kappa shape index (κ2) is 11.2. The fourth-order valence-electron chi connectivity index (χ4n) is 4.80. The number of hydrogen-bond acceptors (Lipinski definition) is 5. The zero-order chi connectivity index (χ0) is 27.4. The van der Waals surface area contributed by atoms with Crippen molar-refractivity contribution < 1.29 is 14.0 Å². The molecule has 4 rings (SSSR count). The van der Waals surface area contributed by atoms with Crippen molar-refractivity contribution in [2.75, 3.05) is 29.5 Å². The first kappa shape index (κ1) is 27.1. The highest BCUT2D eigenvalue weighted by Gasteiger charge is 2.38. The van der Waals surface area contributed by atoms with E-state index in [-0.39, 0.29) is 30.7 Å². The number of carbonyl (C=O) groups excluding carboxylic acids is 2. The van der Waals surface area contributed by atoms with E-state index in [0.717, 1.165) is 11.1 Å². The molecule has 8 heteroatoms. The predicted molar refractivity (Wildman–Crippen MR) is 150 cm³/mol. The van der Waals surface area contributed by atoms with Crippen LogP contribution in [-0.2, 0) is 12.1 Å². The van der Waals surface area contributed by atoms with Crippen molar-refractivity contribution in [3.63, 3.8) is 0 Å². The Morgan fingerprint density at radius 2 is 1.79 bits per heavy atom. The first-order chi connectivity index (χ1) is 18.1. The number of nitrogens with one attached hydrogen (secondary N) is 2. The summed E-state index contributed by atoms with van der Waals surface area (Å²) in [4.78, 5) is 32.5. The van der Waals surface area contributed by atoms with Crippen LogP contribution in [0.5, 0.6) is 0 Å². The van der Waals surface area contributed by atoms with Crippen LogP contribution in [0.3, 0.4) is 0 Å². The topological polar surface area (TPSA) is 100 Å². The molecule has 0 spiro atoms. The maximum atomic E-state index is 15.7. The van der Waals surface area contributed by atoms with Crippen molar-refractivity contribution in [1.29, 1.82) is 0 Å². The Morgan fingerprint density at radius 3 is 2.37 bits per heavy atom. The van der Waals surface area contributed by atoms with Crippen LogP contribution < -0.4 is 16.4 Å². The number of anilines is 3. The summed E-state index contributed by atoms with van der Waals surface area (Å²) in [7, 11) is 0. The summed E-state index contributed by atoms with van der Waals surface area (Å²) in [5.41, 5.74) is 8.73. The van der Waals surface area contributed by atoms with Gasteiger partial charge >= 0.3 is 0 Å². The lowest BCUT2D eigenvalue weighted by Gasteiger charge is -2.37. The molecule has 1 saturated heterocycles. The Morgan fingerprint density at radius 1 is 1.11 bits per heavy atom. The highest BCUT2D eigenvalue weighted by Crippen LogP contribution is 2.38. The SMILES string of the molecule is CCc1cc(C)c(NC(=O)c2ccc(NC(C)C)nc2)cc1C(=O)N1CCC(F)(c2ccc(N)cc2)CC1. The first-order valence-corrected chi connectivity index (χ1v) is 13.1. The lowest BCUT2D eigenvalue weighted by atomic mass is 9.85. The molecule has 0 bridgehead atoms. The van der Waals surface area contributed by atoms with Gasteiger partial charge in [-0.2, -0.15) is 0 Å². The maximum absolute atomic E-state index is 15.7. The zero-order valence-electron chi connectivity index (χ0n) is 22.5. The number of nitrogens with zero attached hydrogens (tertiary/aromatic N) is 2. The van der Waals surface area contributed by atoms with E-state index < -0.39 is 5.67 Å². The minimum Gasteiger partial charge on any atom is -0.399 e. The van der Waals surface area contributed by atoms with Gasteiger partial charge in [0.2, 0.25) is 0 Å². The molecule has 1 aliphatic rings. The van der Waals surface area contributed by atoms with Crippen LogP contribution in [0.15, 0.2) is 54.7 Å². The number of nitrogen functional groups attached to an aromatic ring is 1. The van der Waals surface area contributed by atoms with E-state index in [4.69, 9.17) is 5.73 Å². The second-order valence-corrected chi connectivity index (χ2v) is 10.2. The van der Waals surface area contributed by atoms with Crippen LogP contribution >= 0.6 is 0 Å². The number of piperidine rings is 1. The molecule has 3 aromatic rings. The van der Waals surface area contributed by atoms with Crippen LogP contribution in [0.4, 0.5) is 21.6 Å². The van der Waals surface area contributed by atoms with Crippen molar-refractivity contribution in [3.05, 3.63) is 82.5 Å². The van der Waals surface area contributed by atoms with Crippen LogP contribution in [-0.4, -0.2) is 40.8 Å². The molecule has 1 aliphatic heterocycles. The minimum atomic E-state index is -1.49. The molecule has 0 aliphatic carbocycles. The number of nitrogens with two attached hydrogens (primary N) is 1. The molecular formula is C30H36FN5O2. The molecule has 200 valence electrons. The van der Waals surface area contributed by atoms with Crippen LogP contribution in [0.25, 0.3) is 0 Å². The molecular weight excluding hydrogens is 481 g/mol. The summed E-state index contributed by atoms with van der Waals surface area (Å²) < 4.78 is 15.7. The smallest absolute Gasteiger partial charge is 0.257 e. The van der Waals surface area contributed by atoms with Gasteiger partial charge in [0.05, 0.1) is 5.56 Å². The number of benzene rings is 2. The minimum absolute atomic E-state index is 0.150. The van der Waals surface area contributed by atoms with Gasteiger partial charge in [-0.15, -0.1) is 0 Å². The Kier molecular flexibility index (Phi) is 7.99. The predicted octanol–water partition coefficient (Wildman–Crippen LogP) is 5.71. The van der Waals surface area contributed by atoms with E-state index in [1.54, 1.807) is 47.4 Å². The van der Waals surface area contributed by atoms with Crippen molar-refractivity contribution >= 4 is 29.0 Å². The number of aromatic nitrogens is 1. The van der Waals surface area contributed by atoms with Gasteiger partial charge in [-0.25, -0.2) is 9.37 Å². The van der Waals surface area contributed by atoms with Crippen molar-refractivity contribution in [3.8, 4) is 0 Å². The summed E-state index contributed by atoms with van der Waals surface area (Å²) in [6.07, 6.45) is 2.62. The molecule has 0 atom stereocenters. The molecule has 2 amide bonds. The number of amides is 2. The Bertz CT molecular complexity index is 1300. The molecule has 1 aromatic heterocycles. The zero-order valence-corrected chi connectivity index (χ0v) is 22.5. The van der Waals surface area contributed by atoms with E-state index in [2.05, 4.69) is 15.6 Å². The van der Waals surface area contributed by atoms with E-state index in [1.165, 1.54) is 6.20 Å². The lowest BCUT2D eigenvalue weighted by molar-refractivity contribution is 0.0420. The largest absolute Gasteiger partial charge is 0.399 e.